The van der Waals surface area contributed by atoms with Gasteiger partial charge in [-0.15, -0.1) is 5.10 Å². The number of nitrogens with zero attached hydrogens (tertiary/aromatic N) is 5. The van der Waals surface area contributed by atoms with E-state index in [0.29, 0.717) is 10.9 Å². The van der Waals surface area contributed by atoms with E-state index in [4.69, 9.17) is 4.42 Å². The van der Waals surface area contributed by atoms with Crippen molar-refractivity contribution in [1.29, 1.82) is 0 Å². The smallest absolute Gasteiger partial charge is 0.253 e. The van der Waals surface area contributed by atoms with Crippen molar-refractivity contribution >= 4 is 23.4 Å². The standard InChI is InChI=1S/C17H21N5O2S/c1-10-13(11(2)22-16(18-10)19-17(20-22)25-5)9-15(23)21(4)12(3)14-7-6-8-24-14/h6-8,12H,9H2,1-5H3. The van der Waals surface area contributed by atoms with Crippen molar-refractivity contribution in [2.45, 2.75) is 38.4 Å². The van der Waals surface area contributed by atoms with Crippen molar-refractivity contribution in [3.05, 3.63) is 41.1 Å². The van der Waals surface area contributed by atoms with Crippen molar-refractivity contribution in [2.24, 2.45) is 0 Å². The summed E-state index contributed by atoms with van der Waals surface area (Å²) in [6.45, 7) is 5.79. The number of fused-ring (bicyclic) bond motifs is 1. The molecule has 3 heterocycles. The zero-order valence-corrected chi connectivity index (χ0v) is 15.8. The first-order valence-corrected chi connectivity index (χ1v) is 9.20. The lowest BCUT2D eigenvalue weighted by molar-refractivity contribution is -0.131. The van der Waals surface area contributed by atoms with E-state index in [-0.39, 0.29) is 18.4 Å². The molecule has 0 saturated carbocycles. The average Bonchev–Trinajstić information content (AvgIpc) is 3.26. The first-order valence-electron chi connectivity index (χ1n) is 7.98. The van der Waals surface area contributed by atoms with E-state index in [1.165, 1.54) is 11.8 Å². The van der Waals surface area contributed by atoms with Crippen LogP contribution in [0.25, 0.3) is 5.78 Å². The fourth-order valence-electron chi connectivity index (χ4n) is 2.74. The number of carbonyl (C=O) groups is 1. The molecule has 7 nitrogen and oxygen atoms in total. The van der Waals surface area contributed by atoms with E-state index in [2.05, 4.69) is 15.1 Å². The molecule has 0 fully saturated rings. The van der Waals surface area contributed by atoms with Crippen LogP contribution in [0.5, 0.6) is 0 Å². The topological polar surface area (TPSA) is 76.5 Å². The minimum atomic E-state index is -0.130. The molecule has 132 valence electrons. The molecule has 3 rings (SSSR count). The fraction of sp³-hybridized carbons (Fsp3) is 0.412. The molecule has 0 aliphatic heterocycles. The van der Waals surface area contributed by atoms with E-state index < -0.39 is 0 Å². The Labute approximate surface area is 150 Å². The Balaban J connectivity index is 1.88. The van der Waals surface area contributed by atoms with Crippen molar-refractivity contribution in [3.63, 3.8) is 0 Å². The monoisotopic (exact) mass is 359 g/mol. The maximum atomic E-state index is 12.8. The van der Waals surface area contributed by atoms with E-state index >= 15 is 0 Å². The SMILES string of the molecule is CSc1nc2nc(C)c(CC(=O)N(C)C(C)c3ccco3)c(C)n2n1. The lowest BCUT2D eigenvalue weighted by Crippen LogP contribution is -2.31. The molecule has 3 aromatic heterocycles. The van der Waals surface area contributed by atoms with E-state index in [0.717, 1.165) is 22.7 Å². The fourth-order valence-corrected chi connectivity index (χ4v) is 3.08. The third-order valence-electron chi connectivity index (χ3n) is 4.47. The first kappa shape index (κ1) is 17.5. The highest BCUT2D eigenvalue weighted by molar-refractivity contribution is 7.98. The maximum Gasteiger partial charge on any atom is 0.253 e. The van der Waals surface area contributed by atoms with Gasteiger partial charge in [0.05, 0.1) is 18.7 Å². The van der Waals surface area contributed by atoms with Gasteiger partial charge >= 0.3 is 0 Å². The van der Waals surface area contributed by atoms with Crippen LogP contribution in [0.2, 0.25) is 0 Å². The summed E-state index contributed by atoms with van der Waals surface area (Å²) in [5.41, 5.74) is 2.58. The van der Waals surface area contributed by atoms with Crippen LogP contribution in [0, 0.1) is 13.8 Å². The van der Waals surface area contributed by atoms with Crippen molar-refractivity contribution in [3.8, 4) is 0 Å². The Bertz CT molecular complexity index is 904. The zero-order chi connectivity index (χ0) is 18.1. The molecule has 0 N–H and O–H groups in total. The summed E-state index contributed by atoms with van der Waals surface area (Å²) >= 11 is 1.47. The molecule has 0 bridgehead atoms. The molecular weight excluding hydrogens is 338 g/mol. The van der Waals surface area contributed by atoms with Gasteiger partial charge in [0, 0.05) is 24.0 Å². The van der Waals surface area contributed by atoms with Gasteiger partial charge in [-0.2, -0.15) is 4.98 Å². The molecule has 0 radical (unpaired) electrons. The van der Waals surface area contributed by atoms with Gasteiger partial charge in [-0.3, -0.25) is 4.79 Å². The van der Waals surface area contributed by atoms with Crippen LogP contribution in [0.1, 0.15) is 35.7 Å². The van der Waals surface area contributed by atoms with Crippen LogP contribution < -0.4 is 0 Å². The number of aryl methyl sites for hydroxylation is 2. The highest BCUT2D eigenvalue weighted by Crippen LogP contribution is 2.22. The first-order chi connectivity index (χ1) is 11.9. The molecule has 0 saturated heterocycles. The van der Waals surface area contributed by atoms with Crippen LogP contribution in [0.3, 0.4) is 0 Å². The summed E-state index contributed by atoms with van der Waals surface area (Å²) in [6, 6.07) is 3.57. The second-order valence-corrected chi connectivity index (χ2v) is 6.72. The van der Waals surface area contributed by atoms with Gasteiger partial charge in [0.15, 0.2) is 0 Å². The van der Waals surface area contributed by atoms with Gasteiger partial charge in [-0.1, -0.05) is 11.8 Å². The van der Waals surface area contributed by atoms with Gasteiger partial charge in [-0.25, -0.2) is 9.50 Å². The van der Waals surface area contributed by atoms with Crippen LogP contribution >= 0.6 is 11.8 Å². The Morgan fingerprint density at radius 3 is 2.80 bits per heavy atom. The van der Waals surface area contributed by atoms with Gasteiger partial charge in [0.1, 0.15) is 5.76 Å². The molecule has 1 atom stereocenters. The maximum absolute atomic E-state index is 12.8. The molecule has 3 aromatic rings. The largest absolute Gasteiger partial charge is 0.467 e. The van der Waals surface area contributed by atoms with Crippen LogP contribution in [-0.2, 0) is 11.2 Å². The minimum absolute atomic E-state index is 0.00135. The number of amides is 1. The summed E-state index contributed by atoms with van der Waals surface area (Å²) in [5, 5.41) is 5.10. The molecule has 1 unspecified atom stereocenters. The molecule has 0 aromatic carbocycles. The summed E-state index contributed by atoms with van der Waals surface area (Å²) in [5.74, 6) is 1.33. The normalized spacial score (nSPS) is 12.5. The van der Waals surface area contributed by atoms with Crippen molar-refractivity contribution in [1.82, 2.24) is 24.5 Å². The van der Waals surface area contributed by atoms with E-state index in [9.17, 15) is 4.79 Å². The number of hydrogen-bond donors (Lipinski definition) is 0. The number of carbonyl (C=O) groups excluding carboxylic acids is 1. The number of furan rings is 1. The summed E-state index contributed by atoms with van der Waals surface area (Å²) < 4.78 is 7.11. The van der Waals surface area contributed by atoms with Crippen LogP contribution in [0.15, 0.2) is 28.0 Å². The summed E-state index contributed by atoms with van der Waals surface area (Å²) in [7, 11) is 1.79. The second-order valence-electron chi connectivity index (χ2n) is 5.94. The number of thioether (sulfide) groups is 1. The number of likely N-dealkylation sites (N-methyl/N-ethyl adjacent to an activating group) is 1. The van der Waals surface area contributed by atoms with Gasteiger partial charge in [0.2, 0.25) is 11.1 Å². The number of rotatable bonds is 5. The lowest BCUT2D eigenvalue weighted by atomic mass is 10.1. The third kappa shape index (κ3) is 3.26. The Morgan fingerprint density at radius 1 is 1.40 bits per heavy atom. The Hall–Kier alpha value is -2.35. The summed E-state index contributed by atoms with van der Waals surface area (Å²) in [4.78, 5) is 23.3. The van der Waals surface area contributed by atoms with E-state index in [1.54, 1.807) is 22.7 Å². The zero-order valence-electron chi connectivity index (χ0n) is 15.0. The Morgan fingerprint density at radius 2 is 2.16 bits per heavy atom. The molecule has 0 aliphatic carbocycles. The highest BCUT2D eigenvalue weighted by Gasteiger charge is 2.22. The van der Waals surface area contributed by atoms with E-state index in [1.807, 2.05) is 39.2 Å². The quantitative estimate of drug-likeness (QED) is 0.652. The predicted octanol–water partition coefficient (Wildman–Crippen LogP) is 2.82. The van der Waals surface area contributed by atoms with Gasteiger partial charge in [-0.05, 0) is 39.2 Å². The minimum Gasteiger partial charge on any atom is -0.467 e. The molecular formula is C17H21N5O2S. The van der Waals surface area contributed by atoms with Crippen LogP contribution in [-0.4, -0.2) is 43.7 Å². The number of hydrogen-bond acceptors (Lipinski definition) is 6. The van der Waals surface area contributed by atoms with Crippen molar-refractivity contribution in [2.75, 3.05) is 13.3 Å². The second kappa shape index (κ2) is 6.87. The Kier molecular flexibility index (Phi) is 4.80. The molecule has 8 heteroatoms. The van der Waals surface area contributed by atoms with Crippen molar-refractivity contribution < 1.29 is 9.21 Å². The van der Waals surface area contributed by atoms with Gasteiger partial charge < -0.3 is 9.32 Å². The third-order valence-corrected chi connectivity index (χ3v) is 5.01. The number of aromatic nitrogens is 4. The highest BCUT2D eigenvalue weighted by atomic mass is 32.2. The molecule has 25 heavy (non-hydrogen) atoms. The van der Waals surface area contributed by atoms with Gasteiger partial charge in [0.25, 0.3) is 5.78 Å². The summed E-state index contributed by atoms with van der Waals surface area (Å²) in [6.07, 6.45) is 3.80. The lowest BCUT2D eigenvalue weighted by Gasteiger charge is -2.24. The molecule has 0 aliphatic rings. The predicted molar refractivity (Wildman–Crippen MR) is 95.6 cm³/mol. The van der Waals surface area contributed by atoms with Crippen LogP contribution in [0.4, 0.5) is 0 Å². The average molecular weight is 359 g/mol. The molecule has 1 amide bonds. The molecule has 0 spiro atoms.